The van der Waals surface area contributed by atoms with Crippen molar-refractivity contribution in [1.82, 2.24) is 10.6 Å². The van der Waals surface area contributed by atoms with Gasteiger partial charge in [-0.15, -0.1) is 0 Å². The minimum atomic E-state index is -2.46. The minimum Gasteiger partial charge on any atom is -0.350 e. The molecule has 1 amide bonds. The van der Waals surface area contributed by atoms with Gasteiger partial charge in [0.2, 0.25) is 5.91 Å². The Bertz CT molecular complexity index is 183. The van der Waals surface area contributed by atoms with Gasteiger partial charge in [-0.25, -0.2) is 8.78 Å². The Hall–Kier alpha value is -0.710. The molecule has 76 valence electrons. The highest BCUT2D eigenvalue weighted by atomic mass is 19.3. The number of carbonyl (C=O) groups excluding carboxylic acids is 1. The molecule has 0 aromatic carbocycles. The van der Waals surface area contributed by atoms with Gasteiger partial charge in [0.15, 0.2) is 0 Å². The Kier molecular flexibility index (Phi) is 3.59. The van der Waals surface area contributed by atoms with Crippen LogP contribution < -0.4 is 10.6 Å². The van der Waals surface area contributed by atoms with Crippen LogP contribution in [0.2, 0.25) is 0 Å². The van der Waals surface area contributed by atoms with E-state index < -0.39 is 13.0 Å². The largest absolute Gasteiger partial charge is 0.350 e. The Morgan fingerprint density at radius 2 is 2.23 bits per heavy atom. The van der Waals surface area contributed by atoms with Gasteiger partial charge in [0.25, 0.3) is 6.43 Å². The van der Waals surface area contributed by atoms with E-state index in [2.05, 4.69) is 10.6 Å². The monoisotopic (exact) mass is 192 g/mol. The summed E-state index contributed by atoms with van der Waals surface area (Å²) in [7, 11) is 0. The SMILES string of the molecule is CC(C(=O)NCC(F)F)C1CNC1. The molecule has 0 aromatic heterocycles. The van der Waals surface area contributed by atoms with Crippen molar-refractivity contribution in [3.8, 4) is 0 Å². The molecule has 2 N–H and O–H groups in total. The molecule has 0 radical (unpaired) electrons. The quantitative estimate of drug-likeness (QED) is 0.669. The fourth-order valence-electron chi connectivity index (χ4n) is 1.22. The molecule has 1 saturated heterocycles. The third-order valence-electron chi connectivity index (χ3n) is 2.36. The van der Waals surface area contributed by atoms with Crippen LogP contribution in [-0.2, 0) is 4.79 Å². The van der Waals surface area contributed by atoms with Crippen LogP contribution in [0.25, 0.3) is 0 Å². The van der Waals surface area contributed by atoms with Gasteiger partial charge in [0.05, 0.1) is 6.54 Å². The molecule has 0 aromatic rings. The summed E-state index contributed by atoms with van der Waals surface area (Å²) < 4.78 is 23.5. The molecule has 1 rings (SSSR count). The fourth-order valence-corrected chi connectivity index (χ4v) is 1.22. The van der Waals surface area contributed by atoms with E-state index in [-0.39, 0.29) is 11.8 Å². The lowest BCUT2D eigenvalue weighted by atomic mass is 9.88. The second kappa shape index (κ2) is 4.50. The normalized spacial score (nSPS) is 19.7. The Morgan fingerprint density at radius 1 is 1.62 bits per heavy atom. The molecule has 0 saturated carbocycles. The maximum Gasteiger partial charge on any atom is 0.255 e. The zero-order valence-corrected chi connectivity index (χ0v) is 7.52. The van der Waals surface area contributed by atoms with Crippen LogP contribution in [0.15, 0.2) is 0 Å². The Balaban J connectivity index is 2.21. The van der Waals surface area contributed by atoms with Crippen molar-refractivity contribution in [2.24, 2.45) is 11.8 Å². The molecule has 1 atom stereocenters. The molecule has 3 nitrogen and oxygen atoms in total. The molecule has 0 aliphatic carbocycles. The number of nitrogens with one attached hydrogen (secondary N) is 2. The summed E-state index contributed by atoms with van der Waals surface area (Å²) in [6, 6.07) is 0. The van der Waals surface area contributed by atoms with Crippen molar-refractivity contribution < 1.29 is 13.6 Å². The smallest absolute Gasteiger partial charge is 0.255 e. The molecule has 1 unspecified atom stereocenters. The lowest BCUT2D eigenvalue weighted by Crippen LogP contribution is -2.50. The Morgan fingerprint density at radius 3 is 2.62 bits per heavy atom. The highest BCUT2D eigenvalue weighted by Crippen LogP contribution is 2.15. The standard InChI is InChI=1S/C8H14F2N2O/c1-5(6-2-11-3-6)8(13)12-4-7(9)10/h5-7,11H,2-4H2,1H3,(H,12,13). The predicted molar refractivity (Wildman–Crippen MR) is 44.5 cm³/mol. The van der Waals surface area contributed by atoms with Gasteiger partial charge in [0.1, 0.15) is 0 Å². The average molecular weight is 192 g/mol. The van der Waals surface area contributed by atoms with Crippen LogP contribution >= 0.6 is 0 Å². The van der Waals surface area contributed by atoms with Crippen molar-refractivity contribution in [1.29, 1.82) is 0 Å². The van der Waals surface area contributed by atoms with Crippen molar-refractivity contribution in [2.45, 2.75) is 13.3 Å². The highest BCUT2D eigenvalue weighted by molar-refractivity contribution is 5.78. The molecule has 1 aliphatic rings. The van der Waals surface area contributed by atoms with E-state index in [4.69, 9.17) is 0 Å². The zero-order chi connectivity index (χ0) is 9.84. The Labute approximate surface area is 75.9 Å². The van der Waals surface area contributed by atoms with Gasteiger partial charge in [-0.1, -0.05) is 6.92 Å². The zero-order valence-electron chi connectivity index (χ0n) is 7.52. The second-order valence-corrected chi connectivity index (χ2v) is 3.34. The number of alkyl halides is 2. The summed E-state index contributed by atoms with van der Waals surface area (Å²) in [6.07, 6.45) is -2.46. The summed E-state index contributed by atoms with van der Waals surface area (Å²) in [6.45, 7) is 2.85. The molecular weight excluding hydrogens is 178 g/mol. The predicted octanol–water partition coefficient (Wildman–Crippen LogP) is 0.223. The topological polar surface area (TPSA) is 41.1 Å². The first-order valence-electron chi connectivity index (χ1n) is 4.38. The fraction of sp³-hybridized carbons (Fsp3) is 0.875. The first-order valence-corrected chi connectivity index (χ1v) is 4.38. The molecule has 0 bridgehead atoms. The third-order valence-corrected chi connectivity index (χ3v) is 2.36. The molecule has 1 heterocycles. The summed E-state index contributed by atoms with van der Waals surface area (Å²) in [5.41, 5.74) is 0. The third kappa shape index (κ3) is 2.91. The van der Waals surface area contributed by atoms with Crippen molar-refractivity contribution >= 4 is 5.91 Å². The van der Waals surface area contributed by atoms with Crippen LogP contribution in [0.3, 0.4) is 0 Å². The first-order chi connectivity index (χ1) is 6.11. The van der Waals surface area contributed by atoms with Crippen LogP contribution in [0.4, 0.5) is 8.78 Å². The van der Waals surface area contributed by atoms with Crippen LogP contribution in [0, 0.1) is 11.8 Å². The summed E-state index contributed by atoms with van der Waals surface area (Å²) >= 11 is 0. The van der Waals surface area contributed by atoms with E-state index in [0.29, 0.717) is 5.92 Å². The first kappa shape index (κ1) is 10.4. The maximum absolute atomic E-state index is 11.7. The van der Waals surface area contributed by atoms with E-state index in [0.717, 1.165) is 13.1 Å². The summed E-state index contributed by atoms with van der Waals surface area (Å²) in [5.74, 6) is -0.135. The van der Waals surface area contributed by atoms with Crippen LogP contribution in [-0.4, -0.2) is 32.0 Å². The molecule has 1 aliphatic heterocycles. The minimum absolute atomic E-state index is 0.167. The van der Waals surface area contributed by atoms with Crippen LogP contribution in [0.5, 0.6) is 0 Å². The lowest BCUT2D eigenvalue weighted by molar-refractivity contribution is -0.127. The second-order valence-electron chi connectivity index (χ2n) is 3.34. The number of halogens is 2. The number of hydrogen-bond donors (Lipinski definition) is 2. The van der Waals surface area contributed by atoms with E-state index in [1.807, 2.05) is 0 Å². The van der Waals surface area contributed by atoms with Crippen molar-refractivity contribution in [2.75, 3.05) is 19.6 Å². The van der Waals surface area contributed by atoms with Gasteiger partial charge in [-0.2, -0.15) is 0 Å². The van der Waals surface area contributed by atoms with E-state index in [1.165, 1.54) is 0 Å². The maximum atomic E-state index is 11.7. The number of amides is 1. The number of rotatable bonds is 4. The molecule has 1 fully saturated rings. The summed E-state index contributed by atoms with van der Waals surface area (Å²) in [5, 5.41) is 5.25. The van der Waals surface area contributed by atoms with E-state index >= 15 is 0 Å². The van der Waals surface area contributed by atoms with Crippen LogP contribution in [0.1, 0.15) is 6.92 Å². The van der Waals surface area contributed by atoms with Crippen molar-refractivity contribution in [3.05, 3.63) is 0 Å². The average Bonchev–Trinajstić information content (AvgIpc) is 1.96. The van der Waals surface area contributed by atoms with Gasteiger partial charge in [-0.3, -0.25) is 4.79 Å². The van der Waals surface area contributed by atoms with E-state index in [1.54, 1.807) is 6.92 Å². The van der Waals surface area contributed by atoms with Gasteiger partial charge >= 0.3 is 0 Å². The van der Waals surface area contributed by atoms with Gasteiger partial charge < -0.3 is 10.6 Å². The van der Waals surface area contributed by atoms with E-state index in [9.17, 15) is 13.6 Å². The summed E-state index contributed by atoms with van der Waals surface area (Å²) in [4.78, 5) is 11.2. The molecule has 13 heavy (non-hydrogen) atoms. The highest BCUT2D eigenvalue weighted by Gasteiger charge is 2.28. The molecular formula is C8H14F2N2O. The number of hydrogen-bond acceptors (Lipinski definition) is 2. The molecule has 0 spiro atoms. The molecule has 5 heteroatoms. The van der Waals surface area contributed by atoms with Crippen molar-refractivity contribution in [3.63, 3.8) is 0 Å². The lowest BCUT2D eigenvalue weighted by Gasteiger charge is -2.31. The van der Waals surface area contributed by atoms with Gasteiger partial charge in [0, 0.05) is 5.92 Å². The van der Waals surface area contributed by atoms with Gasteiger partial charge in [-0.05, 0) is 19.0 Å². The number of carbonyl (C=O) groups is 1.